The maximum Gasteiger partial charge on any atom is 0.00677 e. The van der Waals surface area contributed by atoms with Crippen molar-refractivity contribution in [2.45, 2.75) is 32.6 Å². The first-order valence-corrected chi connectivity index (χ1v) is 5.31. The van der Waals surface area contributed by atoms with Crippen LogP contribution in [0.2, 0.25) is 0 Å². The molecule has 1 aromatic rings. The average Bonchev–Trinajstić information content (AvgIpc) is 2.57. The number of fused-ring (bicyclic) bond motifs is 1. The second kappa shape index (κ2) is 3.28. The normalized spacial score (nSPS) is 14.4. The molecule has 0 aliphatic heterocycles. The average molecular weight is 196 g/mol. The van der Waals surface area contributed by atoms with Crippen molar-refractivity contribution in [3.05, 3.63) is 40.5 Å². The van der Waals surface area contributed by atoms with E-state index in [-0.39, 0.29) is 5.41 Å². The Kier molecular flexibility index (Phi) is 2.20. The van der Waals surface area contributed by atoms with Gasteiger partial charge in [-0.2, -0.15) is 0 Å². The Balaban J connectivity index is 2.45. The molecule has 0 nitrogen and oxygen atoms in total. The lowest BCUT2D eigenvalue weighted by Crippen LogP contribution is -2.11. The fraction of sp³-hybridized carbons (Fsp3) is 0.333. The van der Waals surface area contributed by atoms with E-state index in [9.17, 15) is 0 Å². The van der Waals surface area contributed by atoms with Crippen molar-refractivity contribution in [1.29, 1.82) is 0 Å². The van der Waals surface area contributed by atoms with E-state index in [0.29, 0.717) is 0 Å². The lowest BCUT2D eigenvalue weighted by atomic mass is 9.85. The minimum absolute atomic E-state index is 0.210. The monoisotopic (exact) mass is 196 g/mol. The van der Waals surface area contributed by atoms with Gasteiger partial charge in [0.2, 0.25) is 0 Å². The molecule has 0 unspecified atom stereocenters. The van der Waals surface area contributed by atoms with Crippen molar-refractivity contribution >= 4 is 6.08 Å². The number of hydrogen-bond acceptors (Lipinski definition) is 0. The number of terminal acetylenes is 1. The Bertz CT molecular complexity index is 462. The molecule has 1 aromatic carbocycles. The molecule has 1 aliphatic rings. The molecule has 15 heavy (non-hydrogen) atoms. The summed E-state index contributed by atoms with van der Waals surface area (Å²) in [7, 11) is 0. The van der Waals surface area contributed by atoms with E-state index in [1.54, 1.807) is 0 Å². The lowest BCUT2D eigenvalue weighted by molar-refractivity contribution is 0.590. The summed E-state index contributed by atoms with van der Waals surface area (Å²) < 4.78 is 0. The maximum absolute atomic E-state index is 5.42. The lowest BCUT2D eigenvalue weighted by Gasteiger charge is -2.19. The molecule has 76 valence electrons. The van der Waals surface area contributed by atoms with Crippen LogP contribution in [0, 0.1) is 12.3 Å². The van der Waals surface area contributed by atoms with Gasteiger partial charge in [0.1, 0.15) is 0 Å². The Morgan fingerprint density at radius 1 is 1.27 bits per heavy atom. The molecule has 0 N–H and O–H groups in total. The molecule has 0 spiro atoms. The van der Waals surface area contributed by atoms with Crippen LogP contribution in [0.15, 0.2) is 23.8 Å². The van der Waals surface area contributed by atoms with Gasteiger partial charge in [-0.3, -0.25) is 0 Å². The second-order valence-corrected chi connectivity index (χ2v) is 5.15. The summed E-state index contributed by atoms with van der Waals surface area (Å²) in [5.41, 5.74) is 5.33. The minimum atomic E-state index is 0.210. The highest BCUT2D eigenvalue weighted by Gasteiger charge is 2.17. The minimum Gasteiger partial charge on any atom is -0.115 e. The highest BCUT2D eigenvalue weighted by molar-refractivity contribution is 5.68. The van der Waals surface area contributed by atoms with Gasteiger partial charge in [0.05, 0.1) is 0 Å². The molecule has 0 radical (unpaired) electrons. The molecular weight excluding hydrogens is 180 g/mol. The first kappa shape index (κ1) is 10.1. The van der Waals surface area contributed by atoms with Crippen LogP contribution in [0.4, 0.5) is 0 Å². The molecule has 0 atom stereocenters. The largest absolute Gasteiger partial charge is 0.115 e. The summed E-state index contributed by atoms with van der Waals surface area (Å²) in [4.78, 5) is 0. The smallest absolute Gasteiger partial charge is 0.00677 e. The summed E-state index contributed by atoms with van der Waals surface area (Å²) in [6, 6.07) is 6.68. The Morgan fingerprint density at radius 2 is 2.00 bits per heavy atom. The van der Waals surface area contributed by atoms with Crippen molar-refractivity contribution in [3.8, 4) is 12.3 Å². The zero-order chi connectivity index (χ0) is 11.1. The van der Waals surface area contributed by atoms with E-state index in [1.165, 1.54) is 16.7 Å². The number of allylic oxidation sites excluding steroid dienone is 1. The molecule has 0 aromatic heterocycles. The molecule has 0 heterocycles. The number of rotatable bonds is 0. The Hall–Kier alpha value is -1.48. The SMILES string of the molecule is C#CC1=Cc2cc(C(C)(C)C)ccc2C1. The van der Waals surface area contributed by atoms with Crippen LogP contribution in [0.3, 0.4) is 0 Å². The summed E-state index contributed by atoms with van der Waals surface area (Å²) in [5.74, 6) is 2.73. The highest BCUT2D eigenvalue weighted by Crippen LogP contribution is 2.30. The van der Waals surface area contributed by atoms with Crippen LogP contribution >= 0.6 is 0 Å². The first-order valence-electron chi connectivity index (χ1n) is 5.31. The zero-order valence-corrected chi connectivity index (χ0v) is 9.59. The third kappa shape index (κ3) is 1.83. The number of hydrogen-bond donors (Lipinski definition) is 0. The first-order chi connectivity index (χ1) is 7.00. The van der Waals surface area contributed by atoms with Crippen LogP contribution in [0.5, 0.6) is 0 Å². The third-order valence-corrected chi connectivity index (χ3v) is 2.91. The maximum atomic E-state index is 5.42. The second-order valence-electron chi connectivity index (χ2n) is 5.15. The number of benzene rings is 1. The molecule has 0 heteroatoms. The third-order valence-electron chi connectivity index (χ3n) is 2.91. The van der Waals surface area contributed by atoms with Gasteiger partial charge in [0.25, 0.3) is 0 Å². The predicted octanol–water partition coefficient (Wildman–Crippen LogP) is 3.56. The Morgan fingerprint density at radius 3 is 2.60 bits per heavy atom. The van der Waals surface area contributed by atoms with Crippen molar-refractivity contribution in [2.75, 3.05) is 0 Å². The topological polar surface area (TPSA) is 0 Å². The van der Waals surface area contributed by atoms with Crippen LogP contribution in [0.1, 0.15) is 37.5 Å². The van der Waals surface area contributed by atoms with Gasteiger partial charge < -0.3 is 0 Å². The van der Waals surface area contributed by atoms with Gasteiger partial charge in [-0.05, 0) is 28.2 Å². The van der Waals surface area contributed by atoms with E-state index in [0.717, 1.165) is 12.0 Å². The van der Waals surface area contributed by atoms with Crippen LogP contribution < -0.4 is 0 Å². The van der Waals surface area contributed by atoms with Crippen molar-refractivity contribution in [3.63, 3.8) is 0 Å². The molecule has 0 amide bonds. The Labute approximate surface area is 92.0 Å². The molecule has 0 bridgehead atoms. The van der Waals surface area contributed by atoms with Crippen LogP contribution in [0.25, 0.3) is 6.08 Å². The van der Waals surface area contributed by atoms with E-state index in [1.807, 2.05) is 0 Å². The van der Waals surface area contributed by atoms with Crippen molar-refractivity contribution < 1.29 is 0 Å². The molecule has 0 fully saturated rings. The van der Waals surface area contributed by atoms with E-state index < -0.39 is 0 Å². The van der Waals surface area contributed by atoms with Gasteiger partial charge in [0.15, 0.2) is 0 Å². The molecule has 0 saturated carbocycles. The summed E-state index contributed by atoms with van der Waals surface area (Å²) in [5, 5.41) is 0. The molecule has 0 saturated heterocycles. The van der Waals surface area contributed by atoms with Crippen molar-refractivity contribution in [2.24, 2.45) is 0 Å². The van der Waals surface area contributed by atoms with Gasteiger partial charge in [0, 0.05) is 12.0 Å². The van der Waals surface area contributed by atoms with Crippen molar-refractivity contribution in [1.82, 2.24) is 0 Å². The van der Waals surface area contributed by atoms with Crippen LogP contribution in [-0.2, 0) is 11.8 Å². The van der Waals surface area contributed by atoms with Gasteiger partial charge >= 0.3 is 0 Å². The quantitative estimate of drug-likeness (QED) is 0.557. The van der Waals surface area contributed by atoms with Gasteiger partial charge in [-0.25, -0.2) is 0 Å². The summed E-state index contributed by atoms with van der Waals surface area (Å²) in [6.07, 6.45) is 8.48. The van der Waals surface area contributed by atoms with Gasteiger partial charge in [-0.1, -0.05) is 44.9 Å². The zero-order valence-electron chi connectivity index (χ0n) is 9.59. The summed E-state index contributed by atoms with van der Waals surface area (Å²) >= 11 is 0. The standard InChI is InChI=1S/C15H16/c1-5-11-8-12-6-7-14(15(2,3)4)10-13(12)9-11/h1,6-7,9-10H,8H2,2-4H3. The van der Waals surface area contributed by atoms with E-state index >= 15 is 0 Å². The summed E-state index contributed by atoms with van der Waals surface area (Å²) in [6.45, 7) is 6.69. The van der Waals surface area contributed by atoms with Gasteiger partial charge in [-0.15, -0.1) is 6.42 Å². The van der Waals surface area contributed by atoms with E-state index in [4.69, 9.17) is 6.42 Å². The van der Waals surface area contributed by atoms with E-state index in [2.05, 4.69) is 51.0 Å². The molecule has 1 aliphatic carbocycles. The highest BCUT2D eigenvalue weighted by atomic mass is 14.2. The fourth-order valence-electron chi connectivity index (χ4n) is 1.89. The molecular formula is C15H16. The fourth-order valence-corrected chi connectivity index (χ4v) is 1.89. The molecule has 2 rings (SSSR count). The van der Waals surface area contributed by atoms with Crippen LogP contribution in [-0.4, -0.2) is 0 Å². The predicted molar refractivity (Wildman–Crippen MR) is 65.7 cm³/mol.